The minimum Gasteiger partial charge on any atom is -0.351 e. The Morgan fingerprint density at radius 1 is 0.900 bits per heavy atom. The number of rotatable bonds is 1. The summed E-state index contributed by atoms with van der Waals surface area (Å²) in [6.07, 6.45) is -4.67. The average molecular weight is 343 g/mol. The molecule has 1 heterocycles. The molecule has 0 aliphatic heterocycles. The Morgan fingerprint density at radius 2 is 1.50 bits per heavy atom. The highest BCUT2D eigenvalue weighted by atomic mass is 35.5. The molecule has 2 nitrogen and oxygen atoms in total. The standard InChI is InChI=1S/C12H5Cl3F3NO/c13-7-4-9(15)8(14)3-6(7)10-1-5(20)2-11(19-10)12(16,17)18/h1-4H,(H,19,20). The maximum atomic E-state index is 12.7. The molecule has 106 valence electrons. The van der Waals surface area contributed by atoms with Crippen LogP contribution < -0.4 is 5.43 Å². The third-order valence-electron chi connectivity index (χ3n) is 2.45. The molecule has 0 radical (unpaired) electrons. The van der Waals surface area contributed by atoms with Crippen LogP contribution in [-0.4, -0.2) is 4.98 Å². The van der Waals surface area contributed by atoms with Crippen molar-refractivity contribution in [1.82, 2.24) is 4.98 Å². The molecule has 2 rings (SSSR count). The molecule has 0 aliphatic rings. The van der Waals surface area contributed by atoms with E-state index in [1.807, 2.05) is 0 Å². The monoisotopic (exact) mass is 341 g/mol. The molecule has 2 aromatic rings. The Balaban J connectivity index is 2.68. The van der Waals surface area contributed by atoms with Crippen LogP contribution in [0.1, 0.15) is 5.69 Å². The van der Waals surface area contributed by atoms with Gasteiger partial charge in [-0.05, 0) is 12.1 Å². The van der Waals surface area contributed by atoms with Crippen LogP contribution in [0.3, 0.4) is 0 Å². The molecule has 1 N–H and O–H groups in total. The first kappa shape index (κ1) is 15.2. The second-order valence-corrected chi connectivity index (χ2v) is 5.11. The third-order valence-corrected chi connectivity index (χ3v) is 3.48. The number of pyridine rings is 1. The molecule has 0 unspecified atom stereocenters. The van der Waals surface area contributed by atoms with Gasteiger partial charge < -0.3 is 4.98 Å². The van der Waals surface area contributed by atoms with Crippen LogP contribution in [-0.2, 0) is 6.18 Å². The topological polar surface area (TPSA) is 32.9 Å². The van der Waals surface area contributed by atoms with Crippen LogP contribution in [0.15, 0.2) is 29.1 Å². The van der Waals surface area contributed by atoms with E-state index >= 15 is 0 Å². The molecule has 0 bridgehead atoms. The van der Waals surface area contributed by atoms with Gasteiger partial charge in [-0.15, -0.1) is 0 Å². The highest BCUT2D eigenvalue weighted by molar-refractivity contribution is 6.44. The average Bonchev–Trinajstić information content (AvgIpc) is 2.32. The summed E-state index contributed by atoms with van der Waals surface area (Å²) in [5.74, 6) is 0. The first-order chi connectivity index (χ1) is 9.18. The van der Waals surface area contributed by atoms with Crippen LogP contribution in [0.2, 0.25) is 15.1 Å². The van der Waals surface area contributed by atoms with Crippen molar-refractivity contribution < 1.29 is 13.2 Å². The van der Waals surface area contributed by atoms with E-state index in [1.54, 1.807) is 0 Å². The van der Waals surface area contributed by atoms with Crippen molar-refractivity contribution in [3.05, 3.63) is 55.3 Å². The summed E-state index contributed by atoms with van der Waals surface area (Å²) in [6, 6.07) is 4.05. The van der Waals surface area contributed by atoms with Crippen molar-refractivity contribution in [3.63, 3.8) is 0 Å². The molecule has 1 aromatic heterocycles. The third kappa shape index (κ3) is 3.11. The zero-order valence-corrected chi connectivity index (χ0v) is 11.8. The van der Waals surface area contributed by atoms with Gasteiger partial charge in [-0.1, -0.05) is 34.8 Å². The summed E-state index contributed by atoms with van der Waals surface area (Å²) in [4.78, 5) is 13.5. The highest BCUT2D eigenvalue weighted by Gasteiger charge is 2.32. The summed E-state index contributed by atoms with van der Waals surface area (Å²) in [5, 5.41) is 0.355. The van der Waals surface area contributed by atoms with Crippen LogP contribution in [0, 0.1) is 0 Å². The van der Waals surface area contributed by atoms with E-state index in [0.29, 0.717) is 6.07 Å². The molecule has 0 amide bonds. The lowest BCUT2D eigenvalue weighted by Crippen LogP contribution is -2.13. The zero-order chi connectivity index (χ0) is 15.1. The van der Waals surface area contributed by atoms with Gasteiger partial charge in [0.15, 0.2) is 5.43 Å². The van der Waals surface area contributed by atoms with E-state index in [-0.39, 0.29) is 26.3 Å². The van der Waals surface area contributed by atoms with Gasteiger partial charge >= 0.3 is 6.18 Å². The van der Waals surface area contributed by atoms with Crippen molar-refractivity contribution in [2.45, 2.75) is 6.18 Å². The Labute approximate surface area is 126 Å². The van der Waals surface area contributed by atoms with Gasteiger partial charge in [0.25, 0.3) is 0 Å². The number of nitrogens with one attached hydrogen (secondary N) is 1. The highest BCUT2D eigenvalue weighted by Crippen LogP contribution is 2.35. The summed E-state index contributed by atoms with van der Waals surface area (Å²) >= 11 is 17.4. The Kier molecular flexibility index (Phi) is 4.04. The molecule has 8 heteroatoms. The largest absolute Gasteiger partial charge is 0.431 e. The second-order valence-electron chi connectivity index (χ2n) is 3.89. The minimum absolute atomic E-state index is 0.0781. The minimum atomic E-state index is -4.67. The van der Waals surface area contributed by atoms with Crippen molar-refractivity contribution >= 4 is 34.8 Å². The number of H-pyrrole nitrogens is 1. The van der Waals surface area contributed by atoms with Crippen molar-refractivity contribution in [1.29, 1.82) is 0 Å². The summed E-state index contributed by atoms with van der Waals surface area (Å²) in [7, 11) is 0. The number of alkyl halides is 3. The second kappa shape index (κ2) is 5.31. The van der Waals surface area contributed by atoms with Crippen molar-refractivity contribution in [2.75, 3.05) is 0 Å². The van der Waals surface area contributed by atoms with Gasteiger partial charge in [0.2, 0.25) is 0 Å². The van der Waals surface area contributed by atoms with E-state index in [0.717, 1.165) is 6.07 Å². The number of hydrogen-bond acceptors (Lipinski definition) is 1. The fourth-order valence-electron chi connectivity index (χ4n) is 1.57. The maximum absolute atomic E-state index is 12.7. The van der Waals surface area contributed by atoms with E-state index in [1.165, 1.54) is 12.1 Å². The zero-order valence-electron chi connectivity index (χ0n) is 9.49. The van der Waals surface area contributed by atoms with Gasteiger partial charge in [-0.2, -0.15) is 13.2 Å². The van der Waals surface area contributed by atoms with Gasteiger partial charge in [-0.25, -0.2) is 0 Å². The van der Waals surface area contributed by atoms with Gasteiger partial charge in [0.1, 0.15) is 5.69 Å². The van der Waals surface area contributed by atoms with Crippen LogP contribution in [0.5, 0.6) is 0 Å². The predicted molar refractivity (Wildman–Crippen MR) is 72.5 cm³/mol. The molecule has 1 aromatic carbocycles. The molecule has 0 saturated carbocycles. The number of aromatic amines is 1. The molecule has 0 spiro atoms. The number of hydrogen-bond donors (Lipinski definition) is 1. The first-order valence-electron chi connectivity index (χ1n) is 5.15. The van der Waals surface area contributed by atoms with Gasteiger partial charge in [0, 0.05) is 17.7 Å². The normalized spacial score (nSPS) is 11.7. The first-order valence-corrected chi connectivity index (χ1v) is 6.28. The molecule has 0 atom stereocenters. The Bertz CT molecular complexity index is 725. The van der Waals surface area contributed by atoms with Crippen LogP contribution >= 0.6 is 34.8 Å². The predicted octanol–water partition coefficient (Wildman–Crippen LogP) is 5.02. The quantitative estimate of drug-likeness (QED) is 0.725. The summed E-state index contributed by atoms with van der Waals surface area (Å²) in [5.41, 5.74) is -1.90. The lowest BCUT2D eigenvalue weighted by Gasteiger charge is -2.11. The lowest BCUT2D eigenvalue weighted by atomic mass is 10.1. The number of aromatic nitrogens is 1. The lowest BCUT2D eigenvalue weighted by molar-refractivity contribution is -0.141. The fraction of sp³-hybridized carbons (Fsp3) is 0.0833. The van der Waals surface area contributed by atoms with E-state index in [2.05, 4.69) is 4.98 Å². The van der Waals surface area contributed by atoms with E-state index in [4.69, 9.17) is 34.8 Å². The number of benzene rings is 1. The smallest absolute Gasteiger partial charge is 0.351 e. The molecular formula is C12H5Cl3F3NO. The van der Waals surface area contributed by atoms with Crippen LogP contribution in [0.4, 0.5) is 13.2 Å². The molecule has 20 heavy (non-hydrogen) atoms. The Morgan fingerprint density at radius 3 is 2.10 bits per heavy atom. The van der Waals surface area contributed by atoms with Gasteiger partial charge in [-0.3, -0.25) is 4.79 Å². The Hall–Kier alpha value is -1.17. The SMILES string of the molecule is O=c1cc(-c2cc(Cl)c(Cl)cc2Cl)[nH]c(C(F)(F)F)c1. The number of halogens is 6. The molecule has 0 fully saturated rings. The van der Waals surface area contributed by atoms with Crippen molar-refractivity contribution in [3.8, 4) is 11.3 Å². The molecule has 0 saturated heterocycles. The summed E-state index contributed by atoms with van der Waals surface area (Å²) < 4.78 is 38.0. The maximum Gasteiger partial charge on any atom is 0.431 e. The van der Waals surface area contributed by atoms with E-state index < -0.39 is 17.3 Å². The fourth-order valence-corrected chi connectivity index (χ4v) is 2.22. The van der Waals surface area contributed by atoms with E-state index in [9.17, 15) is 18.0 Å². The molecular weight excluding hydrogens is 337 g/mol. The van der Waals surface area contributed by atoms with Crippen LogP contribution in [0.25, 0.3) is 11.3 Å². The van der Waals surface area contributed by atoms with Gasteiger partial charge in [0.05, 0.1) is 20.8 Å². The summed E-state index contributed by atoms with van der Waals surface area (Å²) in [6.45, 7) is 0. The van der Waals surface area contributed by atoms with Crippen molar-refractivity contribution in [2.24, 2.45) is 0 Å². The molecule has 0 aliphatic carbocycles.